The highest BCUT2D eigenvalue weighted by Gasteiger charge is 2.34. The molecule has 0 aliphatic carbocycles. The predicted octanol–water partition coefficient (Wildman–Crippen LogP) is 2.80. The number of likely N-dealkylation sites (N-methyl/N-ethyl adjacent to an activating group) is 1. The van der Waals surface area contributed by atoms with Gasteiger partial charge in [0.2, 0.25) is 0 Å². The highest BCUT2D eigenvalue weighted by atomic mass is 16.5. The maximum Gasteiger partial charge on any atom is 0.191 e. The first-order valence-corrected chi connectivity index (χ1v) is 10.1. The van der Waals surface area contributed by atoms with Gasteiger partial charge < -0.3 is 20.3 Å². The summed E-state index contributed by atoms with van der Waals surface area (Å²) in [6, 6.07) is 8.96. The summed E-state index contributed by atoms with van der Waals surface area (Å²) in [7, 11) is 6.15. The highest BCUT2D eigenvalue weighted by Crippen LogP contribution is 2.25. The first kappa shape index (κ1) is 21.7. The van der Waals surface area contributed by atoms with Gasteiger partial charge in [0.15, 0.2) is 5.96 Å². The van der Waals surface area contributed by atoms with Crippen molar-refractivity contribution in [3.8, 4) is 0 Å². The zero-order valence-electron chi connectivity index (χ0n) is 18.1. The fraction of sp³-hybridized carbons (Fsp3) is 0.682. The fourth-order valence-corrected chi connectivity index (χ4v) is 3.50. The van der Waals surface area contributed by atoms with Gasteiger partial charge in [-0.2, -0.15) is 0 Å². The Balaban J connectivity index is 1.81. The lowest BCUT2D eigenvalue weighted by atomic mass is 9.86. The summed E-state index contributed by atoms with van der Waals surface area (Å²) in [5, 5.41) is 6.97. The molecule has 1 saturated heterocycles. The standard InChI is InChI=1S/C22H38N4O/c1-21(2,3)19-9-7-18(8-10-19)11-14-24-20(23-4)25-17-22(26(5)6)12-15-27-16-13-22/h7-10H,11-17H2,1-6H3,(H2,23,24,25). The Morgan fingerprint density at radius 3 is 2.26 bits per heavy atom. The molecule has 2 rings (SSSR count). The monoisotopic (exact) mass is 374 g/mol. The van der Waals surface area contributed by atoms with Gasteiger partial charge in [0.05, 0.1) is 0 Å². The summed E-state index contributed by atoms with van der Waals surface area (Å²) < 4.78 is 5.55. The van der Waals surface area contributed by atoms with Crippen LogP contribution in [-0.4, -0.2) is 63.8 Å². The molecule has 5 nitrogen and oxygen atoms in total. The van der Waals surface area contributed by atoms with Gasteiger partial charge in [-0.3, -0.25) is 4.99 Å². The van der Waals surface area contributed by atoms with E-state index >= 15 is 0 Å². The molecular formula is C22H38N4O. The lowest BCUT2D eigenvalue weighted by Gasteiger charge is -2.43. The van der Waals surface area contributed by atoms with Crippen LogP contribution in [0.5, 0.6) is 0 Å². The molecule has 0 amide bonds. The largest absolute Gasteiger partial charge is 0.381 e. The SMILES string of the molecule is CN=C(NCCc1ccc(C(C)(C)C)cc1)NCC1(N(C)C)CCOCC1. The number of hydrogen-bond donors (Lipinski definition) is 2. The Bertz CT molecular complexity index is 596. The molecule has 27 heavy (non-hydrogen) atoms. The molecule has 1 aromatic rings. The Labute approximate surface area is 165 Å². The van der Waals surface area contributed by atoms with Gasteiger partial charge in [-0.1, -0.05) is 45.0 Å². The summed E-state index contributed by atoms with van der Waals surface area (Å²) in [4.78, 5) is 6.71. The molecule has 0 radical (unpaired) electrons. The highest BCUT2D eigenvalue weighted by molar-refractivity contribution is 5.79. The van der Waals surface area contributed by atoms with Crippen molar-refractivity contribution in [1.82, 2.24) is 15.5 Å². The molecule has 1 heterocycles. The zero-order chi connectivity index (χ0) is 19.9. The summed E-state index contributed by atoms with van der Waals surface area (Å²) in [5.41, 5.74) is 3.07. The van der Waals surface area contributed by atoms with Crippen molar-refractivity contribution in [2.45, 2.75) is 51.0 Å². The van der Waals surface area contributed by atoms with Gasteiger partial charge in [-0.25, -0.2) is 0 Å². The van der Waals surface area contributed by atoms with Crippen molar-refractivity contribution >= 4 is 5.96 Å². The van der Waals surface area contributed by atoms with E-state index in [2.05, 4.69) is 79.7 Å². The molecule has 152 valence electrons. The second kappa shape index (κ2) is 9.56. The molecule has 0 bridgehead atoms. The minimum Gasteiger partial charge on any atom is -0.381 e. The number of nitrogens with one attached hydrogen (secondary N) is 2. The molecule has 1 aliphatic rings. The molecule has 0 unspecified atom stereocenters. The van der Waals surface area contributed by atoms with Gasteiger partial charge in [-0.15, -0.1) is 0 Å². The van der Waals surface area contributed by atoms with Crippen molar-refractivity contribution in [2.75, 3.05) is 47.4 Å². The molecule has 5 heteroatoms. The maximum absolute atomic E-state index is 5.55. The van der Waals surface area contributed by atoms with E-state index in [4.69, 9.17) is 4.74 Å². The third-order valence-electron chi connectivity index (χ3n) is 5.71. The second-order valence-electron chi connectivity index (χ2n) is 8.78. The predicted molar refractivity (Wildman–Crippen MR) is 115 cm³/mol. The van der Waals surface area contributed by atoms with Crippen molar-refractivity contribution in [1.29, 1.82) is 0 Å². The van der Waals surface area contributed by atoms with E-state index in [-0.39, 0.29) is 11.0 Å². The van der Waals surface area contributed by atoms with Crippen LogP contribution in [-0.2, 0) is 16.6 Å². The molecule has 2 N–H and O–H groups in total. The second-order valence-corrected chi connectivity index (χ2v) is 8.78. The molecule has 1 fully saturated rings. The van der Waals surface area contributed by atoms with E-state index in [0.717, 1.165) is 51.5 Å². The zero-order valence-corrected chi connectivity index (χ0v) is 18.1. The van der Waals surface area contributed by atoms with Crippen LogP contribution in [0.25, 0.3) is 0 Å². The lowest BCUT2D eigenvalue weighted by Crippen LogP contribution is -2.57. The Kier molecular flexibility index (Phi) is 7.68. The van der Waals surface area contributed by atoms with E-state index < -0.39 is 0 Å². The van der Waals surface area contributed by atoms with Crippen LogP contribution < -0.4 is 10.6 Å². The Morgan fingerprint density at radius 1 is 1.11 bits per heavy atom. The van der Waals surface area contributed by atoms with Crippen molar-refractivity contribution in [2.24, 2.45) is 4.99 Å². The number of aliphatic imine (C=N–C) groups is 1. The average Bonchev–Trinajstić information content (AvgIpc) is 2.64. The van der Waals surface area contributed by atoms with Crippen LogP contribution in [0.3, 0.4) is 0 Å². The molecule has 0 aromatic heterocycles. The fourth-order valence-electron chi connectivity index (χ4n) is 3.50. The van der Waals surface area contributed by atoms with Gasteiger partial charge >= 0.3 is 0 Å². The van der Waals surface area contributed by atoms with Gasteiger partial charge in [0.25, 0.3) is 0 Å². The molecular weight excluding hydrogens is 336 g/mol. The van der Waals surface area contributed by atoms with E-state index in [1.807, 2.05) is 7.05 Å². The number of guanidine groups is 1. The van der Waals surface area contributed by atoms with Crippen LogP contribution in [0.15, 0.2) is 29.3 Å². The Hall–Kier alpha value is -1.59. The summed E-state index contributed by atoms with van der Waals surface area (Å²) in [6.45, 7) is 10.2. The van der Waals surface area contributed by atoms with Gasteiger partial charge in [0, 0.05) is 38.9 Å². The van der Waals surface area contributed by atoms with Crippen molar-refractivity contribution in [3.63, 3.8) is 0 Å². The number of rotatable bonds is 6. The smallest absolute Gasteiger partial charge is 0.191 e. The van der Waals surface area contributed by atoms with E-state index in [1.54, 1.807) is 0 Å². The molecule has 0 spiro atoms. The summed E-state index contributed by atoms with van der Waals surface area (Å²) in [5.74, 6) is 0.869. The average molecular weight is 375 g/mol. The van der Waals surface area contributed by atoms with Crippen LogP contribution in [0.2, 0.25) is 0 Å². The lowest BCUT2D eigenvalue weighted by molar-refractivity contribution is -0.00501. The van der Waals surface area contributed by atoms with E-state index in [1.165, 1.54) is 11.1 Å². The molecule has 0 atom stereocenters. The van der Waals surface area contributed by atoms with Crippen LogP contribution in [0, 0.1) is 0 Å². The van der Waals surface area contributed by atoms with Gasteiger partial charge in [0.1, 0.15) is 0 Å². The third kappa shape index (κ3) is 6.22. The van der Waals surface area contributed by atoms with E-state index in [9.17, 15) is 0 Å². The summed E-state index contributed by atoms with van der Waals surface area (Å²) in [6.07, 6.45) is 3.08. The van der Waals surface area contributed by atoms with Crippen molar-refractivity contribution in [3.05, 3.63) is 35.4 Å². The van der Waals surface area contributed by atoms with Crippen LogP contribution >= 0.6 is 0 Å². The van der Waals surface area contributed by atoms with Crippen molar-refractivity contribution < 1.29 is 4.74 Å². The first-order chi connectivity index (χ1) is 12.8. The number of hydrogen-bond acceptors (Lipinski definition) is 3. The number of ether oxygens (including phenoxy) is 1. The number of nitrogens with zero attached hydrogens (tertiary/aromatic N) is 2. The van der Waals surface area contributed by atoms with Crippen LogP contribution in [0.4, 0.5) is 0 Å². The molecule has 0 saturated carbocycles. The normalized spacial score (nSPS) is 17.8. The molecule has 1 aromatic carbocycles. The first-order valence-electron chi connectivity index (χ1n) is 10.1. The number of benzene rings is 1. The topological polar surface area (TPSA) is 48.9 Å². The minimum atomic E-state index is 0.138. The maximum atomic E-state index is 5.55. The minimum absolute atomic E-state index is 0.138. The van der Waals surface area contributed by atoms with E-state index in [0.29, 0.717) is 0 Å². The third-order valence-corrected chi connectivity index (χ3v) is 5.71. The Morgan fingerprint density at radius 2 is 1.74 bits per heavy atom. The summed E-state index contributed by atoms with van der Waals surface area (Å²) >= 11 is 0. The molecule has 1 aliphatic heterocycles. The van der Waals surface area contributed by atoms with Crippen LogP contribution in [0.1, 0.15) is 44.7 Å². The quantitative estimate of drug-likeness (QED) is 0.594. The van der Waals surface area contributed by atoms with Gasteiger partial charge in [-0.05, 0) is 49.9 Å².